The van der Waals surface area contributed by atoms with Crippen LogP contribution in [0.4, 0.5) is 0 Å². The number of aromatic nitrogens is 1. The predicted molar refractivity (Wildman–Crippen MR) is 69.9 cm³/mol. The highest BCUT2D eigenvalue weighted by Gasteiger charge is 2.31. The minimum Gasteiger partial charge on any atom is -0.357 e. The second-order valence-electron chi connectivity index (χ2n) is 5.62. The zero-order valence-electron chi connectivity index (χ0n) is 10.7. The first kappa shape index (κ1) is 11.3. The number of rotatable bonds is 3. The Bertz CT molecular complexity index is 371. The van der Waals surface area contributed by atoms with Gasteiger partial charge in [-0.15, -0.1) is 0 Å². The summed E-state index contributed by atoms with van der Waals surface area (Å²) in [5.74, 6) is 0. The van der Waals surface area contributed by atoms with E-state index in [0.29, 0.717) is 0 Å². The average molecular weight is 233 g/mol. The first-order valence-electron chi connectivity index (χ1n) is 6.89. The largest absolute Gasteiger partial charge is 0.357 e. The molecule has 3 heteroatoms. The molecule has 2 unspecified atom stereocenters. The van der Waals surface area contributed by atoms with Crippen molar-refractivity contribution in [2.45, 2.75) is 44.3 Å². The smallest absolute Gasteiger partial charge is 0.0223 e. The third-order valence-corrected chi connectivity index (χ3v) is 4.31. The van der Waals surface area contributed by atoms with Crippen LogP contribution in [-0.2, 0) is 13.6 Å². The highest BCUT2D eigenvalue weighted by atomic mass is 15.2. The molecule has 1 aromatic heterocycles. The highest BCUT2D eigenvalue weighted by Crippen LogP contribution is 2.26. The predicted octanol–water partition coefficient (Wildman–Crippen LogP) is 1.74. The Balaban J connectivity index is 1.49. The van der Waals surface area contributed by atoms with Gasteiger partial charge in [-0.1, -0.05) is 0 Å². The molecule has 0 bridgehead atoms. The van der Waals surface area contributed by atoms with Gasteiger partial charge in [-0.05, 0) is 50.4 Å². The molecule has 0 amide bonds. The average Bonchev–Trinajstić information content (AvgIpc) is 2.94. The van der Waals surface area contributed by atoms with Crippen molar-refractivity contribution in [1.82, 2.24) is 14.8 Å². The molecule has 0 aliphatic carbocycles. The number of hydrogen-bond donors (Lipinski definition) is 1. The zero-order chi connectivity index (χ0) is 11.7. The normalized spacial score (nSPS) is 29.5. The first-order chi connectivity index (χ1) is 8.31. The maximum atomic E-state index is 3.72. The maximum absolute atomic E-state index is 3.72. The van der Waals surface area contributed by atoms with Crippen molar-refractivity contribution in [3.63, 3.8) is 0 Å². The molecule has 3 nitrogen and oxygen atoms in total. The Morgan fingerprint density at radius 1 is 1.35 bits per heavy atom. The summed E-state index contributed by atoms with van der Waals surface area (Å²) in [4.78, 5) is 2.68. The maximum Gasteiger partial charge on any atom is 0.0223 e. The van der Waals surface area contributed by atoms with Crippen molar-refractivity contribution in [2.75, 3.05) is 13.1 Å². The Labute approximate surface area is 104 Å². The van der Waals surface area contributed by atoms with E-state index in [4.69, 9.17) is 0 Å². The van der Waals surface area contributed by atoms with E-state index >= 15 is 0 Å². The fraction of sp³-hybridized carbons (Fsp3) is 0.714. The quantitative estimate of drug-likeness (QED) is 0.858. The summed E-state index contributed by atoms with van der Waals surface area (Å²) in [5.41, 5.74) is 1.40. The summed E-state index contributed by atoms with van der Waals surface area (Å²) < 4.78 is 2.12. The molecule has 0 spiro atoms. The van der Waals surface area contributed by atoms with Crippen LogP contribution >= 0.6 is 0 Å². The van der Waals surface area contributed by atoms with E-state index < -0.39 is 0 Å². The van der Waals surface area contributed by atoms with Gasteiger partial charge in [-0.2, -0.15) is 0 Å². The molecule has 94 valence electrons. The molecule has 0 radical (unpaired) electrons. The van der Waals surface area contributed by atoms with Crippen LogP contribution in [0.15, 0.2) is 18.5 Å². The van der Waals surface area contributed by atoms with Gasteiger partial charge in [0.25, 0.3) is 0 Å². The minimum absolute atomic E-state index is 0.731. The van der Waals surface area contributed by atoms with Gasteiger partial charge in [-0.3, -0.25) is 0 Å². The van der Waals surface area contributed by atoms with Crippen molar-refractivity contribution in [3.05, 3.63) is 24.0 Å². The number of hydrogen-bond acceptors (Lipinski definition) is 2. The first-order valence-corrected chi connectivity index (χ1v) is 6.89. The molecule has 2 saturated heterocycles. The molecule has 2 aliphatic rings. The van der Waals surface area contributed by atoms with Gasteiger partial charge >= 0.3 is 0 Å². The molecule has 0 saturated carbocycles. The van der Waals surface area contributed by atoms with E-state index in [0.717, 1.165) is 18.6 Å². The summed E-state index contributed by atoms with van der Waals surface area (Å²) >= 11 is 0. The summed E-state index contributed by atoms with van der Waals surface area (Å²) in [6.07, 6.45) is 9.84. The van der Waals surface area contributed by atoms with E-state index in [9.17, 15) is 0 Å². The molecule has 2 atom stereocenters. The van der Waals surface area contributed by atoms with Gasteiger partial charge in [0.15, 0.2) is 0 Å². The van der Waals surface area contributed by atoms with Crippen LogP contribution in [0.25, 0.3) is 0 Å². The summed E-state index contributed by atoms with van der Waals surface area (Å²) in [7, 11) is 2.08. The lowest BCUT2D eigenvalue weighted by atomic mass is 9.97. The Morgan fingerprint density at radius 3 is 3.12 bits per heavy atom. The molecule has 2 fully saturated rings. The fourth-order valence-electron chi connectivity index (χ4n) is 3.34. The minimum atomic E-state index is 0.731. The Kier molecular flexibility index (Phi) is 3.21. The molecule has 3 rings (SSSR count). The Hall–Kier alpha value is -0.800. The SMILES string of the molecule is Cn1ccc(CNC2CCN3CCCC3C2)c1. The van der Waals surface area contributed by atoms with Gasteiger partial charge in [0, 0.05) is 38.1 Å². The van der Waals surface area contributed by atoms with Gasteiger partial charge in [0.1, 0.15) is 0 Å². The number of piperidine rings is 1. The highest BCUT2D eigenvalue weighted by molar-refractivity contribution is 5.09. The van der Waals surface area contributed by atoms with Crippen molar-refractivity contribution >= 4 is 0 Å². The van der Waals surface area contributed by atoms with E-state index in [1.807, 2.05) is 0 Å². The van der Waals surface area contributed by atoms with Crippen LogP contribution in [0.3, 0.4) is 0 Å². The Morgan fingerprint density at radius 2 is 2.29 bits per heavy atom. The molecule has 0 aromatic carbocycles. The number of nitrogens with zero attached hydrogens (tertiary/aromatic N) is 2. The number of fused-ring (bicyclic) bond motifs is 1. The van der Waals surface area contributed by atoms with Crippen molar-refractivity contribution in [3.8, 4) is 0 Å². The van der Waals surface area contributed by atoms with Crippen LogP contribution in [0.1, 0.15) is 31.2 Å². The number of nitrogens with one attached hydrogen (secondary N) is 1. The fourth-order valence-corrected chi connectivity index (χ4v) is 3.34. The van der Waals surface area contributed by atoms with E-state index in [2.05, 4.69) is 40.3 Å². The summed E-state index contributed by atoms with van der Waals surface area (Å²) in [5, 5.41) is 3.72. The molecule has 2 aliphatic heterocycles. The molecule has 17 heavy (non-hydrogen) atoms. The molecule has 1 N–H and O–H groups in total. The van der Waals surface area contributed by atoms with Crippen LogP contribution in [-0.4, -0.2) is 34.6 Å². The van der Waals surface area contributed by atoms with E-state index in [1.165, 1.54) is 44.3 Å². The van der Waals surface area contributed by atoms with Gasteiger partial charge in [0.05, 0.1) is 0 Å². The van der Waals surface area contributed by atoms with Crippen LogP contribution in [0.5, 0.6) is 0 Å². The third-order valence-electron chi connectivity index (χ3n) is 4.31. The van der Waals surface area contributed by atoms with E-state index in [-0.39, 0.29) is 0 Å². The van der Waals surface area contributed by atoms with Crippen LogP contribution in [0.2, 0.25) is 0 Å². The van der Waals surface area contributed by atoms with E-state index in [1.54, 1.807) is 0 Å². The standard InChI is InChI=1S/C14H23N3/c1-16-7-4-12(11-16)10-15-13-5-8-17-6-2-3-14(17)9-13/h4,7,11,13-15H,2-3,5-6,8-10H2,1H3. The lowest BCUT2D eigenvalue weighted by Crippen LogP contribution is -2.45. The zero-order valence-corrected chi connectivity index (χ0v) is 10.7. The monoisotopic (exact) mass is 233 g/mol. The number of aryl methyl sites for hydroxylation is 1. The van der Waals surface area contributed by atoms with Gasteiger partial charge < -0.3 is 14.8 Å². The van der Waals surface area contributed by atoms with Gasteiger partial charge in [0.2, 0.25) is 0 Å². The van der Waals surface area contributed by atoms with Crippen LogP contribution < -0.4 is 5.32 Å². The summed E-state index contributed by atoms with van der Waals surface area (Å²) in [6.45, 7) is 3.67. The lowest BCUT2D eigenvalue weighted by molar-refractivity contribution is 0.166. The molecule has 3 heterocycles. The third kappa shape index (κ3) is 2.55. The molecular formula is C14H23N3. The second kappa shape index (κ2) is 4.83. The summed E-state index contributed by atoms with van der Waals surface area (Å²) in [6, 6.07) is 3.81. The molecular weight excluding hydrogens is 210 g/mol. The van der Waals surface area contributed by atoms with Crippen molar-refractivity contribution in [2.24, 2.45) is 7.05 Å². The molecule has 1 aromatic rings. The second-order valence-corrected chi connectivity index (χ2v) is 5.62. The lowest BCUT2D eigenvalue weighted by Gasteiger charge is -2.35. The topological polar surface area (TPSA) is 20.2 Å². The van der Waals surface area contributed by atoms with Crippen LogP contribution in [0, 0.1) is 0 Å². The van der Waals surface area contributed by atoms with Gasteiger partial charge in [-0.25, -0.2) is 0 Å². The van der Waals surface area contributed by atoms with Crippen molar-refractivity contribution < 1.29 is 0 Å². The van der Waals surface area contributed by atoms with Crippen molar-refractivity contribution in [1.29, 1.82) is 0 Å².